The molecule has 1 aliphatic heterocycles. The molecule has 0 fully saturated rings. The lowest BCUT2D eigenvalue weighted by Crippen LogP contribution is -2.14. The number of hydrogen-bond acceptors (Lipinski definition) is 7. The number of anilines is 1. The molecule has 0 radical (unpaired) electrons. The SMILES string of the molecule is COc1ccc([N+](=O)[O-])cc1S(=O)(=O)Nc1ccc2c(c1)OCCCO2. The van der Waals surface area contributed by atoms with E-state index in [2.05, 4.69) is 4.72 Å². The van der Waals surface area contributed by atoms with Gasteiger partial charge in [-0.05, 0) is 18.2 Å². The fraction of sp³-hybridized carbons (Fsp3) is 0.250. The Balaban J connectivity index is 1.95. The van der Waals surface area contributed by atoms with Gasteiger partial charge in [0.2, 0.25) is 0 Å². The van der Waals surface area contributed by atoms with Crippen molar-refractivity contribution in [3.05, 3.63) is 46.5 Å². The highest BCUT2D eigenvalue weighted by Gasteiger charge is 2.24. The summed E-state index contributed by atoms with van der Waals surface area (Å²) in [5, 5.41) is 11.0. The van der Waals surface area contributed by atoms with Crippen LogP contribution in [0.25, 0.3) is 0 Å². The Morgan fingerprint density at radius 1 is 1.12 bits per heavy atom. The molecule has 3 rings (SSSR count). The van der Waals surface area contributed by atoms with Crippen molar-refractivity contribution in [1.82, 2.24) is 0 Å². The van der Waals surface area contributed by atoms with Gasteiger partial charge in [-0.3, -0.25) is 14.8 Å². The van der Waals surface area contributed by atoms with E-state index < -0.39 is 14.9 Å². The van der Waals surface area contributed by atoms with E-state index in [0.29, 0.717) is 24.7 Å². The molecule has 0 unspecified atom stereocenters. The number of rotatable bonds is 5. The standard InChI is InChI=1S/C16H16N2O7S/c1-23-14-6-4-12(18(19)20)10-16(14)26(21,22)17-11-3-5-13-15(9-11)25-8-2-7-24-13/h3-6,9-10,17H,2,7-8H2,1H3. The largest absolute Gasteiger partial charge is 0.495 e. The van der Waals surface area contributed by atoms with Crippen molar-refractivity contribution < 1.29 is 27.6 Å². The highest BCUT2D eigenvalue weighted by Crippen LogP contribution is 2.34. The van der Waals surface area contributed by atoms with Gasteiger partial charge in [0.05, 0.1) is 30.9 Å². The fourth-order valence-electron chi connectivity index (χ4n) is 2.43. The molecular weight excluding hydrogens is 364 g/mol. The van der Waals surface area contributed by atoms with Gasteiger partial charge in [-0.2, -0.15) is 0 Å². The first-order valence-corrected chi connectivity index (χ1v) is 9.14. The van der Waals surface area contributed by atoms with Crippen LogP contribution >= 0.6 is 0 Å². The highest BCUT2D eigenvalue weighted by atomic mass is 32.2. The van der Waals surface area contributed by atoms with Crippen LogP contribution in [0.2, 0.25) is 0 Å². The number of benzene rings is 2. The van der Waals surface area contributed by atoms with Crippen LogP contribution in [-0.4, -0.2) is 33.7 Å². The number of sulfonamides is 1. The normalized spacial score (nSPS) is 13.6. The van der Waals surface area contributed by atoms with Crippen molar-refractivity contribution >= 4 is 21.4 Å². The van der Waals surface area contributed by atoms with Gasteiger partial charge in [-0.15, -0.1) is 0 Å². The molecule has 138 valence electrons. The van der Waals surface area contributed by atoms with Crippen LogP contribution in [-0.2, 0) is 10.0 Å². The summed E-state index contributed by atoms with van der Waals surface area (Å²) >= 11 is 0. The van der Waals surface area contributed by atoms with Gasteiger partial charge in [0.1, 0.15) is 10.6 Å². The predicted molar refractivity (Wildman–Crippen MR) is 92.5 cm³/mol. The number of nitro benzene ring substituents is 1. The van der Waals surface area contributed by atoms with Gasteiger partial charge < -0.3 is 14.2 Å². The van der Waals surface area contributed by atoms with Crippen LogP contribution in [0.4, 0.5) is 11.4 Å². The molecule has 0 amide bonds. The van der Waals surface area contributed by atoms with Crippen molar-refractivity contribution in [2.24, 2.45) is 0 Å². The number of methoxy groups -OCH3 is 1. The molecule has 10 heteroatoms. The summed E-state index contributed by atoms with van der Waals surface area (Å²) in [6.07, 6.45) is 0.723. The maximum Gasteiger partial charge on any atom is 0.271 e. The smallest absolute Gasteiger partial charge is 0.271 e. The minimum atomic E-state index is -4.12. The van der Waals surface area contributed by atoms with E-state index in [1.165, 1.54) is 31.4 Å². The second-order valence-corrected chi connectivity index (χ2v) is 7.06. The maximum atomic E-state index is 12.7. The zero-order chi connectivity index (χ0) is 18.7. The first-order chi connectivity index (χ1) is 12.4. The van der Waals surface area contributed by atoms with Gasteiger partial charge in [0.25, 0.3) is 15.7 Å². The van der Waals surface area contributed by atoms with Crippen molar-refractivity contribution in [3.63, 3.8) is 0 Å². The number of nitro groups is 1. The van der Waals surface area contributed by atoms with E-state index in [9.17, 15) is 18.5 Å². The van der Waals surface area contributed by atoms with Crippen LogP contribution in [0, 0.1) is 10.1 Å². The summed E-state index contributed by atoms with van der Waals surface area (Å²) in [5.74, 6) is 0.949. The second-order valence-electron chi connectivity index (χ2n) is 5.41. The molecule has 0 saturated heterocycles. The van der Waals surface area contributed by atoms with Crippen LogP contribution in [0.1, 0.15) is 6.42 Å². The van der Waals surface area contributed by atoms with E-state index in [1.807, 2.05) is 0 Å². The number of ether oxygens (including phenoxy) is 3. The Kier molecular flexibility index (Phi) is 4.85. The van der Waals surface area contributed by atoms with Crippen LogP contribution < -0.4 is 18.9 Å². The number of fused-ring (bicyclic) bond motifs is 1. The van der Waals surface area contributed by atoms with Crippen LogP contribution in [0.15, 0.2) is 41.3 Å². The number of hydrogen-bond donors (Lipinski definition) is 1. The van der Waals surface area contributed by atoms with Gasteiger partial charge in [-0.1, -0.05) is 0 Å². The van der Waals surface area contributed by atoms with Crippen molar-refractivity contribution in [1.29, 1.82) is 0 Å². The van der Waals surface area contributed by atoms with Crippen LogP contribution in [0.3, 0.4) is 0 Å². The first-order valence-electron chi connectivity index (χ1n) is 7.65. The first kappa shape index (κ1) is 17.8. The van der Waals surface area contributed by atoms with Gasteiger partial charge in [0.15, 0.2) is 11.5 Å². The van der Waals surface area contributed by atoms with Crippen LogP contribution in [0.5, 0.6) is 17.2 Å². The third-order valence-corrected chi connectivity index (χ3v) is 5.05. The third-order valence-electron chi connectivity index (χ3n) is 3.65. The van der Waals surface area contributed by atoms with Crippen molar-refractivity contribution in [3.8, 4) is 17.2 Å². The molecule has 0 aliphatic carbocycles. The zero-order valence-electron chi connectivity index (χ0n) is 13.8. The monoisotopic (exact) mass is 380 g/mol. The molecule has 1 aliphatic rings. The van der Waals surface area contributed by atoms with E-state index in [0.717, 1.165) is 12.5 Å². The molecule has 9 nitrogen and oxygen atoms in total. The summed E-state index contributed by atoms with van der Waals surface area (Å²) in [4.78, 5) is 9.94. The summed E-state index contributed by atoms with van der Waals surface area (Å²) in [7, 11) is -2.84. The molecule has 0 atom stereocenters. The fourth-order valence-corrected chi connectivity index (χ4v) is 3.67. The number of nitrogens with zero attached hydrogens (tertiary/aromatic N) is 1. The number of nitrogens with one attached hydrogen (secondary N) is 1. The third kappa shape index (κ3) is 3.64. The summed E-state index contributed by atoms with van der Waals surface area (Å²) in [6, 6.07) is 7.98. The Hall–Kier alpha value is -3.01. The zero-order valence-corrected chi connectivity index (χ0v) is 14.6. The Labute approximate surface area is 149 Å². The van der Waals surface area contributed by atoms with E-state index in [-0.39, 0.29) is 22.0 Å². The minimum absolute atomic E-state index is 0.00237. The van der Waals surface area contributed by atoms with Crippen molar-refractivity contribution in [2.45, 2.75) is 11.3 Å². The number of non-ortho nitro benzene ring substituents is 1. The molecule has 1 N–H and O–H groups in total. The molecule has 0 spiro atoms. The van der Waals surface area contributed by atoms with Gasteiger partial charge in [-0.25, -0.2) is 8.42 Å². The summed E-state index contributed by atoms with van der Waals surface area (Å²) in [6.45, 7) is 0.977. The average Bonchev–Trinajstić information content (AvgIpc) is 2.85. The summed E-state index contributed by atoms with van der Waals surface area (Å²) in [5.41, 5.74) is -0.118. The topological polar surface area (TPSA) is 117 Å². The van der Waals surface area contributed by atoms with E-state index >= 15 is 0 Å². The predicted octanol–water partition coefficient (Wildman–Crippen LogP) is 2.57. The molecule has 1 heterocycles. The molecule has 0 bridgehead atoms. The highest BCUT2D eigenvalue weighted by molar-refractivity contribution is 7.92. The second kappa shape index (κ2) is 7.08. The Morgan fingerprint density at radius 2 is 1.85 bits per heavy atom. The molecule has 0 saturated carbocycles. The molecule has 2 aromatic rings. The molecule has 0 aromatic heterocycles. The Morgan fingerprint density at radius 3 is 2.54 bits per heavy atom. The molecule has 26 heavy (non-hydrogen) atoms. The molecular formula is C16H16N2O7S. The van der Waals surface area contributed by atoms with E-state index in [1.54, 1.807) is 6.07 Å². The summed E-state index contributed by atoms with van der Waals surface area (Å²) < 4.78 is 43.8. The lowest BCUT2D eigenvalue weighted by molar-refractivity contribution is -0.385. The van der Waals surface area contributed by atoms with Crippen molar-refractivity contribution in [2.75, 3.05) is 25.0 Å². The average molecular weight is 380 g/mol. The van der Waals surface area contributed by atoms with E-state index in [4.69, 9.17) is 14.2 Å². The quantitative estimate of drug-likeness (QED) is 0.626. The molecule has 2 aromatic carbocycles. The minimum Gasteiger partial charge on any atom is -0.495 e. The Bertz CT molecular complexity index is 944. The van der Waals surface area contributed by atoms with Gasteiger partial charge >= 0.3 is 0 Å². The maximum absolute atomic E-state index is 12.7. The van der Waals surface area contributed by atoms with Gasteiger partial charge in [0, 0.05) is 24.6 Å². The lowest BCUT2D eigenvalue weighted by atomic mass is 10.3. The lowest BCUT2D eigenvalue weighted by Gasteiger charge is -2.13.